The highest BCUT2D eigenvalue weighted by Gasteiger charge is 2.24. The zero-order valence-electron chi connectivity index (χ0n) is 14.1. The zero-order valence-corrected chi connectivity index (χ0v) is 14.8. The van der Waals surface area contributed by atoms with Gasteiger partial charge in [-0.3, -0.25) is 9.69 Å². The fraction of sp³-hybridized carbons (Fsp3) is 0.316. The van der Waals surface area contributed by atoms with Crippen molar-refractivity contribution in [2.24, 2.45) is 0 Å². The Morgan fingerprint density at radius 3 is 2.58 bits per heavy atom. The molecule has 136 valence electrons. The molecular weight excluding hydrogens is 359 g/mol. The molecule has 2 heterocycles. The third-order valence-corrected chi connectivity index (χ3v) is 4.90. The first-order valence-corrected chi connectivity index (χ1v) is 8.83. The van der Waals surface area contributed by atoms with Crippen LogP contribution in [0.1, 0.15) is 15.9 Å². The molecule has 0 spiro atoms. The highest BCUT2D eigenvalue weighted by atomic mass is 35.5. The SMILES string of the molecule is O=C(c1ccc(Cl)cc1F)N1CCN(Cc2ccc3c(c2)OCO3)CC1. The number of carbonyl (C=O) groups excluding carboxylic acids is 1. The van der Waals surface area contributed by atoms with Gasteiger partial charge in [0.05, 0.1) is 5.56 Å². The van der Waals surface area contributed by atoms with Gasteiger partial charge in [0.2, 0.25) is 6.79 Å². The molecule has 1 amide bonds. The molecule has 0 radical (unpaired) electrons. The van der Waals surface area contributed by atoms with Crippen molar-refractivity contribution in [3.05, 3.63) is 58.4 Å². The van der Waals surface area contributed by atoms with Gasteiger partial charge >= 0.3 is 0 Å². The molecule has 0 aromatic heterocycles. The molecule has 0 saturated carbocycles. The second kappa shape index (κ2) is 7.13. The van der Waals surface area contributed by atoms with Crippen LogP contribution in [0.2, 0.25) is 5.02 Å². The number of hydrogen-bond acceptors (Lipinski definition) is 4. The summed E-state index contributed by atoms with van der Waals surface area (Å²) < 4.78 is 24.7. The number of ether oxygens (including phenoxy) is 2. The van der Waals surface area contributed by atoms with Gasteiger partial charge in [-0.1, -0.05) is 17.7 Å². The summed E-state index contributed by atoms with van der Waals surface area (Å²) in [7, 11) is 0. The van der Waals surface area contributed by atoms with E-state index >= 15 is 0 Å². The van der Waals surface area contributed by atoms with E-state index in [0.717, 1.165) is 36.7 Å². The van der Waals surface area contributed by atoms with E-state index in [1.165, 1.54) is 18.2 Å². The minimum atomic E-state index is -0.578. The second-order valence-electron chi connectivity index (χ2n) is 6.38. The summed E-state index contributed by atoms with van der Waals surface area (Å²) in [6.45, 7) is 3.62. The molecule has 4 rings (SSSR count). The lowest BCUT2D eigenvalue weighted by Gasteiger charge is -2.34. The minimum Gasteiger partial charge on any atom is -0.454 e. The fourth-order valence-electron chi connectivity index (χ4n) is 3.24. The minimum absolute atomic E-state index is 0.0682. The average Bonchev–Trinajstić information content (AvgIpc) is 3.10. The van der Waals surface area contributed by atoms with Crippen molar-refractivity contribution in [2.45, 2.75) is 6.54 Å². The molecule has 2 aromatic carbocycles. The van der Waals surface area contributed by atoms with Crippen molar-refractivity contribution < 1.29 is 18.7 Å². The zero-order chi connectivity index (χ0) is 18.1. The average molecular weight is 377 g/mol. The van der Waals surface area contributed by atoms with Gasteiger partial charge in [-0.15, -0.1) is 0 Å². The number of fused-ring (bicyclic) bond motifs is 1. The Morgan fingerprint density at radius 2 is 1.81 bits per heavy atom. The molecule has 0 aliphatic carbocycles. The number of halogens is 2. The summed E-state index contributed by atoms with van der Waals surface area (Å²) in [6.07, 6.45) is 0. The summed E-state index contributed by atoms with van der Waals surface area (Å²) in [5.74, 6) is 0.677. The fourth-order valence-corrected chi connectivity index (χ4v) is 3.40. The molecule has 0 N–H and O–H groups in total. The molecule has 1 saturated heterocycles. The Bertz CT molecular complexity index is 838. The molecule has 5 nitrogen and oxygen atoms in total. The highest BCUT2D eigenvalue weighted by Crippen LogP contribution is 2.32. The molecule has 26 heavy (non-hydrogen) atoms. The maximum atomic E-state index is 14.0. The van der Waals surface area contributed by atoms with Gasteiger partial charge in [0.1, 0.15) is 5.82 Å². The summed E-state index contributed by atoms with van der Waals surface area (Å²) in [6, 6.07) is 10.1. The van der Waals surface area contributed by atoms with Gasteiger partial charge in [0, 0.05) is 37.7 Å². The Hall–Kier alpha value is -2.31. The van der Waals surface area contributed by atoms with Gasteiger partial charge in [0.25, 0.3) is 5.91 Å². The lowest BCUT2D eigenvalue weighted by atomic mass is 10.1. The predicted octanol–water partition coefficient (Wildman–Crippen LogP) is 3.17. The molecule has 0 atom stereocenters. The van der Waals surface area contributed by atoms with Crippen LogP contribution >= 0.6 is 11.6 Å². The van der Waals surface area contributed by atoms with E-state index < -0.39 is 5.82 Å². The Kier molecular flexibility index (Phi) is 4.70. The van der Waals surface area contributed by atoms with E-state index in [1.807, 2.05) is 18.2 Å². The highest BCUT2D eigenvalue weighted by molar-refractivity contribution is 6.30. The summed E-state index contributed by atoms with van der Waals surface area (Å²) in [5, 5.41) is 0.285. The van der Waals surface area contributed by atoms with Gasteiger partial charge in [-0.05, 0) is 35.9 Å². The monoisotopic (exact) mass is 376 g/mol. The van der Waals surface area contributed by atoms with E-state index in [1.54, 1.807) is 4.90 Å². The maximum absolute atomic E-state index is 14.0. The molecule has 2 aromatic rings. The number of piperazine rings is 1. The normalized spacial score (nSPS) is 16.8. The van der Waals surface area contributed by atoms with Crippen LogP contribution in [0.3, 0.4) is 0 Å². The van der Waals surface area contributed by atoms with Gasteiger partial charge in [-0.25, -0.2) is 4.39 Å². The summed E-state index contributed by atoms with van der Waals surface area (Å²) in [4.78, 5) is 16.5. The topological polar surface area (TPSA) is 42.0 Å². The molecule has 2 aliphatic heterocycles. The first-order chi connectivity index (χ1) is 12.6. The van der Waals surface area contributed by atoms with Crippen molar-refractivity contribution in [3.8, 4) is 11.5 Å². The van der Waals surface area contributed by atoms with Crippen LogP contribution in [-0.2, 0) is 6.54 Å². The lowest BCUT2D eigenvalue weighted by Crippen LogP contribution is -2.48. The third kappa shape index (κ3) is 3.48. The van der Waals surface area contributed by atoms with Crippen molar-refractivity contribution in [3.63, 3.8) is 0 Å². The van der Waals surface area contributed by atoms with Crippen LogP contribution in [-0.4, -0.2) is 48.7 Å². The largest absolute Gasteiger partial charge is 0.454 e. The van der Waals surface area contributed by atoms with E-state index in [0.29, 0.717) is 13.1 Å². The molecular formula is C19H18ClFN2O3. The van der Waals surface area contributed by atoms with Gasteiger partial charge in [0.15, 0.2) is 11.5 Å². The third-order valence-electron chi connectivity index (χ3n) is 4.66. The quantitative estimate of drug-likeness (QED) is 0.825. The molecule has 7 heteroatoms. The number of nitrogens with zero attached hydrogens (tertiary/aromatic N) is 2. The van der Waals surface area contributed by atoms with Crippen LogP contribution in [0, 0.1) is 5.82 Å². The first-order valence-electron chi connectivity index (χ1n) is 8.45. The second-order valence-corrected chi connectivity index (χ2v) is 6.82. The Labute approximate surface area is 155 Å². The van der Waals surface area contributed by atoms with E-state index in [4.69, 9.17) is 21.1 Å². The van der Waals surface area contributed by atoms with E-state index in [9.17, 15) is 9.18 Å². The van der Waals surface area contributed by atoms with Crippen LogP contribution in [0.25, 0.3) is 0 Å². The Morgan fingerprint density at radius 1 is 1.04 bits per heavy atom. The number of rotatable bonds is 3. The molecule has 0 bridgehead atoms. The number of amides is 1. The van der Waals surface area contributed by atoms with E-state index in [-0.39, 0.29) is 23.3 Å². The van der Waals surface area contributed by atoms with Crippen LogP contribution < -0.4 is 9.47 Å². The number of benzene rings is 2. The summed E-state index contributed by atoms with van der Waals surface area (Å²) >= 11 is 5.75. The van der Waals surface area contributed by atoms with Crippen LogP contribution in [0.15, 0.2) is 36.4 Å². The first kappa shape index (κ1) is 17.1. The van der Waals surface area contributed by atoms with Gasteiger partial charge < -0.3 is 14.4 Å². The van der Waals surface area contributed by atoms with Gasteiger partial charge in [-0.2, -0.15) is 0 Å². The van der Waals surface area contributed by atoms with Crippen LogP contribution in [0.4, 0.5) is 4.39 Å². The van der Waals surface area contributed by atoms with Crippen molar-refractivity contribution in [2.75, 3.05) is 33.0 Å². The van der Waals surface area contributed by atoms with Crippen molar-refractivity contribution in [1.29, 1.82) is 0 Å². The number of carbonyl (C=O) groups is 1. The molecule has 0 unspecified atom stereocenters. The Balaban J connectivity index is 1.36. The molecule has 1 fully saturated rings. The van der Waals surface area contributed by atoms with E-state index in [2.05, 4.69) is 4.90 Å². The standard InChI is InChI=1S/C19H18ClFN2O3/c20-14-2-3-15(16(21)10-14)19(24)23-7-5-22(6-8-23)11-13-1-4-17-18(9-13)26-12-25-17/h1-4,9-10H,5-8,11-12H2. The predicted molar refractivity (Wildman–Crippen MR) is 95.2 cm³/mol. The molecule has 2 aliphatic rings. The number of hydrogen-bond donors (Lipinski definition) is 0. The van der Waals surface area contributed by atoms with Crippen molar-refractivity contribution in [1.82, 2.24) is 9.80 Å². The smallest absolute Gasteiger partial charge is 0.256 e. The van der Waals surface area contributed by atoms with Crippen molar-refractivity contribution >= 4 is 17.5 Å². The lowest BCUT2D eigenvalue weighted by molar-refractivity contribution is 0.0624. The summed E-state index contributed by atoms with van der Waals surface area (Å²) in [5.41, 5.74) is 1.20. The maximum Gasteiger partial charge on any atom is 0.256 e. The van der Waals surface area contributed by atoms with Crippen LogP contribution in [0.5, 0.6) is 11.5 Å².